The quantitative estimate of drug-likeness (QED) is 0.788. The van der Waals surface area contributed by atoms with Gasteiger partial charge in [0.25, 0.3) is 0 Å². The van der Waals surface area contributed by atoms with Crippen molar-refractivity contribution in [3.05, 3.63) is 70.8 Å². The monoisotopic (exact) mass is 263 g/mol. The molecule has 4 rings (SSSR count). The van der Waals surface area contributed by atoms with Crippen LogP contribution in [-0.4, -0.2) is 11.4 Å². The number of rotatable bonds is 2. The van der Waals surface area contributed by atoms with E-state index in [2.05, 4.69) is 60.4 Å². The van der Waals surface area contributed by atoms with Crippen LogP contribution in [0.15, 0.2) is 48.5 Å². The summed E-state index contributed by atoms with van der Waals surface area (Å²) in [7, 11) is 0. The van der Waals surface area contributed by atoms with Gasteiger partial charge in [-0.15, -0.1) is 0 Å². The summed E-state index contributed by atoms with van der Waals surface area (Å²) in [5, 5.41) is 0. The maximum atomic E-state index is 2.71. The molecular weight excluding hydrogens is 242 g/mol. The van der Waals surface area contributed by atoms with Crippen molar-refractivity contribution in [2.24, 2.45) is 0 Å². The summed E-state index contributed by atoms with van der Waals surface area (Å²) in [4.78, 5) is 2.71. The van der Waals surface area contributed by atoms with Crippen molar-refractivity contribution < 1.29 is 0 Å². The van der Waals surface area contributed by atoms with E-state index >= 15 is 0 Å². The Bertz CT molecular complexity index is 633. The lowest BCUT2D eigenvalue weighted by molar-refractivity contribution is 0.140. The molecule has 1 atom stereocenters. The van der Waals surface area contributed by atoms with E-state index < -0.39 is 0 Å². The lowest BCUT2D eigenvalue weighted by Crippen LogP contribution is -2.40. The summed E-state index contributed by atoms with van der Waals surface area (Å²) in [5.41, 5.74) is 6.34. The maximum Gasteiger partial charge on any atom is 0.0727 e. The minimum Gasteiger partial charge on any atom is -0.285 e. The first-order chi connectivity index (χ1) is 9.86. The standard InChI is InChI=1S/C19H21N/c1-2-13-20-14-16-8-4-6-10-18(16)19(20)12-11-15-7-3-5-9-17(15)19/h3-10H,2,11-14H2,1H3. The van der Waals surface area contributed by atoms with E-state index in [0.29, 0.717) is 0 Å². The van der Waals surface area contributed by atoms with E-state index in [9.17, 15) is 0 Å². The fourth-order valence-corrected chi connectivity index (χ4v) is 4.31. The Balaban J connectivity index is 1.94. The molecule has 0 aromatic heterocycles. The van der Waals surface area contributed by atoms with E-state index in [1.54, 1.807) is 16.7 Å². The minimum atomic E-state index is 0.156. The second-order valence-corrected chi connectivity index (χ2v) is 6.10. The summed E-state index contributed by atoms with van der Waals surface area (Å²) in [6.07, 6.45) is 3.67. The van der Waals surface area contributed by atoms with Crippen molar-refractivity contribution in [1.29, 1.82) is 0 Å². The van der Waals surface area contributed by atoms with Crippen LogP contribution in [0.1, 0.15) is 42.0 Å². The van der Waals surface area contributed by atoms with E-state index in [-0.39, 0.29) is 5.54 Å². The van der Waals surface area contributed by atoms with Gasteiger partial charge in [-0.25, -0.2) is 0 Å². The number of hydrogen-bond acceptors (Lipinski definition) is 1. The number of benzene rings is 2. The smallest absolute Gasteiger partial charge is 0.0727 e. The van der Waals surface area contributed by atoms with E-state index in [4.69, 9.17) is 0 Å². The third-order valence-electron chi connectivity index (χ3n) is 5.08. The van der Waals surface area contributed by atoms with Crippen LogP contribution in [0.2, 0.25) is 0 Å². The molecule has 2 aliphatic rings. The van der Waals surface area contributed by atoms with Gasteiger partial charge >= 0.3 is 0 Å². The molecule has 1 heteroatoms. The Hall–Kier alpha value is -1.60. The third kappa shape index (κ3) is 1.47. The van der Waals surface area contributed by atoms with Crippen molar-refractivity contribution in [3.8, 4) is 0 Å². The fourth-order valence-electron chi connectivity index (χ4n) is 4.31. The van der Waals surface area contributed by atoms with E-state index in [0.717, 1.165) is 6.54 Å². The summed E-state index contributed by atoms with van der Waals surface area (Å²) in [5.74, 6) is 0. The highest BCUT2D eigenvalue weighted by Gasteiger charge is 2.49. The Labute approximate surface area is 121 Å². The van der Waals surface area contributed by atoms with Crippen LogP contribution in [-0.2, 0) is 18.5 Å². The molecule has 0 N–H and O–H groups in total. The molecule has 0 saturated carbocycles. The second kappa shape index (κ2) is 4.46. The zero-order chi connectivity index (χ0) is 13.6. The highest BCUT2D eigenvalue weighted by atomic mass is 15.2. The highest BCUT2D eigenvalue weighted by molar-refractivity contribution is 5.52. The molecule has 2 aromatic rings. The van der Waals surface area contributed by atoms with Crippen molar-refractivity contribution in [1.82, 2.24) is 4.90 Å². The van der Waals surface area contributed by atoms with Gasteiger partial charge < -0.3 is 0 Å². The molecule has 102 valence electrons. The predicted molar refractivity (Wildman–Crippen MR) is 82.7 cm³/mol. The molecule has 1 aliphatic carbocycles. The van der Waals surface area contributed by atoms with Crippen molar-refractivity contribution in [3.63, 3.8) is 0 Å². The Morgan fingerprint density at radius 2 is 1.60 bits per heavy atom. The molecule has 0 saturated heterocycles. The largest absolute Gasteiger partial charge is 0.285 e. The summed E-state index contributed by atoms with van der Waals surface area (Å²) in [6, 6.07) is 18.1. The summed E-state index contributed by atoms with van der Waals surface area (Å²) >= 11 is 0. The summed E-state index contributed by atoms with van der Waals surface area (Å²) < 4.78 is 0. The van der Waals surface area contributed by atoms with Gasteiger partial charge in [0.1, 0.15) is 0 Å². The Morgan fingerprint density at radius 3 is 2.35 bits per heavy atom. The number of fused-ring (bicyclic) bond motifs is 4. The first kappa shape index (κ1) is 12.2. The van der Waals surface area contributed by atoms with Crippen LogP contribution in [0.25, 0.3) is 0 Å². The van der Waals surface area contributed by atoms with Crippen molar-refractivity contribution in [2.45, 2.75) is 38.3 Å². The fraction of sp³-hybridized carbons (Fsp3) is 0.368. The predicted octanol–water partition coefficient (Wildman–Crippen LogP) is 4.10. The van der Waals surface area contributed by atoms with Gasteiger partial charge in [0.05, 0.1) is 5.54 Å². The molecule has 1 heterocycles. The molecule has 1 aliphatic heterocycles. The average molecular weight is 263 g/mol. The molecule has 0 amide bonds. The molecule has 2 aromatic carbocycles. The highest BCUT2D eigenvalue weighted by Crippen LogP contribution is 2.51. The van der Waals surface area contributed by atoms with Gasteiger partial charge in [-0.1, -0.05) is 55.5 Å². The molecule has 1 unspecified atom stereocenters. The van der Waals surface area contributed by atoms with Gasteiger partial charge in [0.2, 0.25) is 0 Å². The van der Waals surface area contributed by atoms with Crippen LogP contribution in [0, 0.1) is 0 Å². The molecule has 0 bridgehead atoms. The maximum absolute atomic E-state index is 2.71. The van der Waals surface area contributed by atoms with E-state index in [1.165, 1.54) is 31.4 Å². The lowest BCUT2D eigenvalue weighted by Gasteiger charge is -2.37. The minimum absolute atomic E-state index is 0.156. The first-order valence-corrected chi connectivity index (χ1v) is 7.78. The molecule has 0 radical (unpaired) electrons. The molecule has 1 nitrogen and oxygen atoms in total. The molecule has 20 heavy (non-hydrogen) atoms. The molecule has 1 spiro atoms. The third-order valence-corrected chi connectivity index (χ3v) is 5.08. The number of hydrogen-bond donors (Lipinski definition) is 0. The second-order valence-electron chi connectivity index (χ2n) is 6.10. The normalized spacial score (nSPS) is 24.1. The van der Waals surface area contributed by atoms with Crippen molar-refractivity contribution >= 4 is 0 Å². The zero-order valence-electron chi connectivity index (χ0n) is 12.1. The van der Waals surface area contributed by atoms with Crippen LogP contribution in [0.5, 0.6) is 0 Å². The average Bonchev–Trinajstić information content (AvgIpc) is 3.02. The topological polar surface area (TPSA) is 3.24 Å². The SMILES string of the molecule is CCCN1Cc2ccccc2C12CCc1ccccc12. The lowest BCUT2D eigenvalue weighted by atomic mass is 9.84. The van der Waals surface area contributed by atoms with Gasteiger partial charge in [-0.05, 0) is 48.1 Å². The summed E-state index contributed by atoms with van der Waals surface area (Å²) in [6.45, 7) is 4.58. The van der Waals surface area contributed by atoms with Crippen LogP contribution in [0.3, 0.4) is 0 Å². The van der Waals surface area contributed by atoms with Gasteiger partial charge in [0.15, 0.2) is 0 Å². The van der Waals surface area contributed by atoms with Gasteiger partial charge in [-0.2, -0.15) is 0 Å². The first-order valence-electron chi connectivity index (χ1n) is 7.78. The molecule has 0 fully saturated rings. The van der Waals surface area contributed by atoms with E-state index in [1.807, 2.05) is 0 Å². The van der Waals surface area contributed by atoms with Crippen molar-refractivity contribution in [2.75, 3.05) is 6.54 Å². The van der Waals surface area contributed by atoms with Gasteiger partial charge in [-0.3, -0.25) is 4.90 Å². The number of aryl methyl sites for hydroxylation is 1. The zero-order valence-corrected chi connectivity index (χ0v) is 12.1. The number of nitrogens with zero attached hydrogens (tertiary/aromatic N) is 1. The Morgan fingerprint density at radius 1 is 0.950 bits per heavy atom. The Kier molecular flexibility index (Phi) is 2.71. The van der Waals surface area contributed by atoms with Crippen LogP contribution < -0.4 is 0 Å². The van der Waals surface area contributed by atoms with Crippen LogP contribution >= 0.6 is 0 Å². The van der Waals surface area contributed by atoms with Crippen LogP contribution in [0.4, 0.5) is 0 Å². The molecular formula is C19H21N. The van der Waals surface area contributed by atoms with Gasteiger partial charge in [0, 0.05) is 6.54 Å².